The molecule has 0 aromatic heterocycles. The van der Waals surface area contributed by atoms with Crippen molar-refractivity contribution in [1.29, 1.82) is 0 Å². The van der Waals surface area contributed by atoms with E-state index in [4.69, 9.17) is 10.5 Å². The molecule has 0 radical (unpaired) electrons. The molecule has 0 unspecified atom stereocenters. The van der Waals surface area contributed by atoms with Crippen molar-refractivity contribution in [3.05, 3.63) is 12.2 Å². The summed E-state index contributed by atoms with van der Waals surface area (Å²) < 4.78 is 5.12. The van der Waals surface area contributed by atoms with Crippen LogP contribution in [0, 0.1) is 5.41 Å². The summed E-state index contributed by atoms with van der Waals surface area (Å²) in [5.74, 6) is -0.374. The third-order valence-corrected chi connectivity index (χ3v) is 2.79. The number of nitrogens with two attached hydrogens (primary N) is 1. The van der Waals surface area contributed by atoms with Crippen LogP contribution in [0.4, 0.5) is 0 Å². The van der Waals surface area contributed by atoms with Gasteiger partial charge in [-0.3, -0.25) is 0 Å². The van der Waals surface area contributed by atoms with E-state index in [0.29, 0.717) is 12.2 Å². The Hall–Kier alpha value is -0.830. The van der Waals surface area contributed by atoms with E-state index in [-0.39, 0.29) is 17.9 Å². The maximum absolute atomic E-state index is 11.3. The van der Waals surface area contributed by atoms with E-state index in [0.717, 1.165) is 12.8 Å². The molecule has 0 aromatic carbocycles. The summed E-state index contributed by atoms with van der Waals surface area (Å²) in [5.41, 5.74) is 5.68. The Morgan fingerprint density at radius 3 is 2.29 bits per heavy atom. The molecule has 0 aliphatic carbocycles. The minimum absolute atomic E-state index is 0.0739. The van der Waals surface area contributed by atoms with Crippen LogP contribution >= 0.6 is 0 Å². The van der Waals surface area contributed by atoms with Gasteiger partial charge in [0, 0.05) is 17.5 Å². The highest BCUT2D eigenvalue weighted by Gasteiger charge is 2.22. The molecule has 0 aliphatic heterocycles. The number of carbonyl (C=O) groups excluding carboxylic acids is 1. The molecule has 3 heteroatoms. The van der Waals surface area contributed by atoms with E-state index in [9.17, 15) is 4.79 Å². The van der Waals surface area contributed by atoms with Crippen LogP contribution in [0.2, 0.25) is 0 Å². The first-order valence-corrected chi connectivity index (χ1v) is 5.04. The summed E-state index contributed by atoms with van der Waals surface area (Å²) in [5, 5.41) is 0. The van der Waals surface area contributed by atoms with Gasteiger partial charge in [-0.25, -0.2) is 4.79 Å². The number of ether oxygens (including phenoxy) is 1. The van der Waals surface area contributed by atoms with Crippen molar-refractivity contribution < 1.29 is 9.53 Å². The first-order chi connectivity index (χ1) is 6.49. The first kappa shape index (κ1) is 13.2. The zero-order valence-electron chi connectivity index (χ0n) is 9.43. The molecule has 82 valence electrons. The van der Waals surface area contributed by atoms with Crippen LogP contribution in [-0.4, -0.2) is 19.1 Å². The lowest BCUT2D eigenvalue weighted by Crippen LogP contribution is -2.25. The molecule has 0 fully saturated rings. The van der Waals surface area contributed by atoms with Gasteiger partial charge in [-0.05, 0) is 12.8 Å². The average Bonchev–Trinajstić information content (AvgIpc) is 2.24. The van der Waals surface area contributed by atoms with Crippen LogP contribution < -0.4 is 5.73 Å². The van der Waals surface area contributed by atoms with Gasteiger partial charge in [0.2, 0.25) is 0 Å². The highest BCUT2D eigenvalue weighted by molar-refractivity contribution is 5.88. The molecule has 0 saturated heterocycles. The monoisotopic (exact) mass is 199 g/mol. The average molecular weight is 199 g/mol. The number of esters is 1. The van der Waals surface area contributed by atoms with Gasteiger partial charge < -0.3 is 10.5 Å². The minimum Gasteiger partial charge on any atom is -0.462 e. The lowest BCUT2D eigenvalue weighted by Gasteiger charge is -2.25. The second-order valence-corrected chi connectivity index (χ2v) is 3.90. The van der Waals surface area contributed by atoms with Crippen LogP contribution in [0.1, 0.15) is 33.6 Å². The molecule has 0 heterocycles. The third-order valence-electron chi connectivity index (χ3n) is 2.79. The molecule has 3 nitrogen and oxygen atoms in total. The molecule has 0 aliphatic rings. The fourth-order valence-electron chi connectivity index (χ4n) is 0.879. The largest absolute Gasteiger partial charge is 0.462 e. The van der Waals surface area contributed by atoms with Gasteiger partial charge in [0.25, 0.3) is 0 Å². The van der Waals surface area contributed by atoms with Crippen LogP contribution in [-0.2, 0) is 9.53 Å². The van der Waals surface area contributed by atoms with Gasteiger partial charge in [0.15, 0.2) is 0 Å². The summed E-state index contributed by atoms with van der Waals surface area (Å²) in [6, 6.07) is 0. The molecule has 0 aromatic rings. The lowest BCUT2D eigenvalue weighted by molar-refractivity contribution is -0.142. The fourth-order valence-corrected chi connectivity index (χ4v) is 0.879. The first-order valence-electron chi connectivity index (χ1n) is 5.04. The van der Waals surface area contributed by atoms with Crippen molar-refractivity contribution in [2.45, 2.75) is 33.6 Å². The zero-order valence-corrected chi connectivity index (χ0v) is 9.43. The van der Waals surface area contributed by atoms with Crippen molar-refractivity contribution in [2.75, 3.05) is 13.2 Å². The fraction of sp³-hybridized carbons (Fsp3) is 0.727. The molecule has 0 saturated carbocycles. The van der Waals surface area contributed by atoms with Gasteiger partial charge in [0.1, 0.15) is 0 Å². The molecule has 0 spiro atoms. The van der Waals surface area contributed by atoms with Crippen LogP contribution in [0.15, 0.2) is 12.2 Å². The summed E-state index contributed by atoms with van der Waals surface area (Å²) in [4.78, 5) is 11.3. The Labute approximate surface area is 86.3 Å². The minimum atomic E-state index is -0.374. The standard InChI is InChI=1S/C11H21NO2/c1-5-11(4,6-2)8-14-10(13)9(3)7-12/h3,5-8,12H2,1-2,4H3. The van der Waals surface area contributed by atoms with Gasteiger partial charge >= 0.3 is 5.97 Å². The lowest BCUT2D eigenvalue weighted by atomic mass is 9.86. The van der Waals surface area contributed by atoms with Crippen LogP contribution in [0.3, 0.4) is 0 Å². The molecular formula is C11H21NO2. The van der Waals surface area contributed by atoms with E-state index in [1.807, 2.05) is 0 Å². The van der Waals surface area contributed by atoms with Gasteiger partial charge in [-0.2, -0.15) is 0 Å². The van der Waals surface area contributed by atoms with E-state index in [1.165, 1.54) is 0 Å². The Balaban J connectivity index is 4.04. The quantitative estimate of drug-likeness (QED) is 0.525. The Bertz CT molecular complexity index is 207. The van der Waals surface area contributed by atoms with Gasteiger partial charge in [-0.15, -0.1) is 0 Å². The maximum Gasteiger partial charge on any atom is 0.334 e. The van der Waals surface area contributed by atoms with Crippen molar-refractivity contribution in [3.8, 4) is 0 Å². The molecule has 0 rings (SSSR count). The SMILES string of the molecule is C=C(CN)C(=O)OCC(C)(CC)CC. The molecule has 0 amide bonds. The second kappa shape index (κ2) is 5.81. The second-order valence-electron chi connectivity index (χ2n) is 3.90. The van der Waals surface area contributed by atoms with Crippen LogP contribution in [0.25, 0.3) is 0 Å². The highest BCUT2D eigenvalue weighted by atomic mass is 16.5. The molecule has 14 heavy (non-hydrogen) atoms. The maximum atomic E-state index is 11.3. The van der Waals surface area contributed by atoms with Crippen molar-refractivity contribution >= 4 is 5.97 Å². The number of carbonyl (C=O) groups is 1. The predicted octanol–water partition coefficient (Wildman–Crippen LogP) is 1.87. The van der Waals surface area contributed by atoms with Crippen molar-refractivity contribution in [2.24, 2.45) is 11.1 Å². The van der Waals surface area contributed by atoms with Gasteiger partial charge in [0.05, 0.1) is 6.61 Å². The topological polar surface area (TPSA) is 52.3 Å². The third kappa shape index (κ3) is 3.92. The smallest absolute Gasteiger partial charge is 0.334 e. The van der Waals surface area contributed by atoms with E-state index < -0.39 is 0 Å². The molecule has 0 atom stereocenters. The van der Waals surface area contributed by atoms with Gasteiger partial charge in [-0.1, -0.05) is 27.4 Å². The Morgan fingerprint density at radius 1 is 1.43 bits per heavy atom. The van der Waals surface area contributed by atoms with Crippen LogP contribution in [0.5, 0.6) is 0 Å². The van der Waals surface area contributed by atoms with E-state index >= 15 is 0 Å². The van der Waals surface area contributed by atoms with E-state index in [1.54, 1.807) is 0 Å². The highest BCUT2D eigenvalue weighted by Crippen LogP contribution is 2.25. The molecule has 0 bridgehead atoms. The summed E-state index contributed by atoms with van der Waals surface area (Å²) in [6.45, 7) is 10.4. The number of hydrogen-bond acceptors (Lipinski definition) is 3. The van der Waals surface area contributed by atoms with Crippen molar-refractivity contribution in [3.63, 3.8) is 0 Å². The number of rotatable bonds is 6. The summed E-state index contributed by atoms with van der Waals surface area (Å²) >= 11 is 0. The Morgan fingerprint density at radius 2 is 1.93 bits per heavy atom. The summed E-state index contributed by atoms with van der Waals surface area (Å²) in [7, 11) is 0. The molecular weight excluding hydrogens is 178 g/mol. The Kier molecular flexibility index (Phi) is 5.46. The zero-order chi connectivity index (χ0) is 11.2. The summed E-state index contributed by atoms with van der Waals surface area (Å²) in [6.07, 6.45) is 1.98. The normalized spacial score (nSPS) is 11.1. The predicted molar refractivity (Wildman–Crippen MR) is 57.8 cm³/mol. The number of hydrogen-bond donors (Lipinski definition) is 1. The molecule has 2 N–H and O–H groups in total. The van der Waals surface area contributed by atoms with Crippen molar-refractivity contribution in [1.82, 2.24) is 0 Å². The van der Waals surface area contributed by atoms with E-state index in [2.05, 4.69) is 27.4 Å².